The molecule has 0 heterocycles. The van der Waals surface area contributed by atoms with Crippen molar-refractivity contribution in [2.24, 2.45) is 5.92 Å². The summed E-state index contributed by atoms with van der Waals surface area (Å²) in [5.74, 6) is 0.576. The molecule has 0 aromatic heterocycles. The van der Waals surface area contributed by atoms with Crippen LogP contribution in [0.25, 0.3) is 0 Å². The molecule has 1 aliphatic rings. The molecule has 1 saturated carbocycles. The van der Waals surface area contributed by atoms with Gasteiger partial charge in [0.2, 0.25) is 0 Å². The van der Waals surface area contributed by atoms with Gasteiger partial charge in [0.1, 0.15) is 0 Å². The molecule has 114 valence electrons. The first-order valence-electron chi connectivity index (χ1n) is 7.33. The maximum atomic E-state index is 12.5. The van der Waals surface area contributed by atoms with E-state index in [4.69, 9.17) is 0 Å². The lowest BCUT2D eigenvalue weighted by Gasteiger charge is -2.30. The predicted molar refractivity (Wildman–Crippen MR) is 79.3 cm³/mol. The lowest BCUT2D eigenvalue weighted by molar-refractivity contribution is 0.307. The molecule has 0 unspecified atom stereocenters. The molecule has 0 spiro atoms. The van der Waals surface area contributed by atoms with E-state index in [1.165, 1.54) is 17.1 Å². The lowest BCUT2D eigenvalue weighted by Crippen LogP contribution is -2.46. The van der Waals surface area contributed by atoms with Gasteiger partial charge in [-0.05, 0) is 52.1 Å². The van der Waals surface area contributed by atoms with E-state index in [0.29, 0.717) is 19.0 Å². The molecule has 0 saturated heterocycles. The highest BCUT2D eigenvalue weighted by molar-refractivity contribution is 7.86. The summed E-state index contributed by atoms with van der Waals surface area (Å²) in [5, 5.41) is 3.21. The van der Waals surface area contributed by atoms with Crippen LogP contribution < -0.4 is 5.32 Å². The van der Waals surface area contributed by atoms with E-state index >= 15 is 0 Å². The van der Waals surface area contributed by atoms with Crippen LogP contribution in [0.1, 0.15) is 40.0 Å². The van der Waals surface area contributed by atoms with Gasteiger partial charge in [-0.3, -0.25) is 0 Å². The zero-order valence-electron chi connectivity index (χ0n) is 12.7. The average molecular weight is 291 g/mol. The molecule has 5 nitrogen and oxygen atoms in total. The van der Waals surface area contributed by atoms with Crippen molar-refractivity contribution in [1.82, 2.24) is 13.9 Å². The molecule has 1 N–H and O–H groups in total. The van der Waals surface area contributed by atoms with Gasteiger partial charge >= 0.3 is 0 Å². The predicted octanol–water partition coefficient (Wildman–Crippen LogP) is 1.28. The van der Waals surface area contributed by atoms with Crippen LogP contribution in [0.15, 0.2) is 0 Å². The highest BCUT2D eigenvalue weighted by atomic mass is 32.2. The zero-order chi connectivity index (χ0) is 14.5. The summed E-state index contributed by atoms with van der Waals surface area (Å²) in [7, 11) is -1.62. The van der Waals surface area contributed by atoms with Crippen LogP contribution in [0.3, 0.4) is 0 Å². The second-order valence-electron chi connectivity index (χ2n) is 5.64. The number of nitrogens with zero attached hydrogens (tertiary/aromatic N) is 2. The number of hydrogen-bond acceptors (Lipinski definition) is 3. The van der Waals surface area contributed by atoms with Crippen molar-refractivity contribution in [3.8, 4) is 0 Å². The van der Waals surface area contributed by atoms with E-state index in [-0.39, 0.29) is 6.04 Å². The zero-order valence-corrected chi connectivity index (χ0v) is 13.5. The summed E-state index contributed by atoms with van der Waals surface area (Å²) in [4.78, 5) is 0. The second kappa shape index (κ2) is 7.57. The summed E-state index contributed by atoms with van der Waals surface area (Å²) in [6.45, 7) is 8.99. The molecule has 19 heavy (non-hydrogen) atoms. The first kappa shape index (κ1) is 16.9. The van der Waals surface area contributed by atoms with Crippen LogP contribution in [0, 0.1) is 5.92 Å². The van der Waals surface area contributed by atoms with Gasteiger partial charge in [0.25, 0.3) is 10.2 Å². The van der Waals surface area contributed by atoms with Crippen LogP contribution in [0.2, 0.25) is 0 Å². The maximum Gasteiger partial charge on any atom is 0.281 e. The molecule has 0 amide bonds. The Hall–Kier alpha value is -0.170. The Morgan fingerprint density at radius 1 is 1.32 bits per heavy atom. The molecule has 0 aromatic carbocycles. The Morgan fingerprint density at radius 2 is 1.95 bits per heavy atom. The largest absolute Gasteiger partial charge is 0.317 e. The Labute approximate surface area is 118 Å². The molecular weight excluding hydrogens is 262 g/mol. The molecule has 0 aromatic rings. The number of hydrogen-bond donors (Lipinski definition) is 1. The highest BCUT2D eigenvalue weighted by Crippen LogP contribution is 2.31. The van der Waals surface area contributed by atoms with Gasteiger partial charge in [-0.15, -0.1) is 0 Å². The van der Waals surface area contributed by atoms with Gasteiger partial charge in [-0.25, -0.2) is 0 Å². The van der Waals surface area contributed by atoms with Crippen molar-refractivity contribution >= 4 is 10.2 Å². The van der Waals surface area contributed by atoms with E-state index in [1.807, 2.05) is 13.8 Å². The van der Waals surface area contributed by atoms with Gasteiger partial charge in [-0.1, -0.05) is 6.92 Å². The Kier molecular flexibility index (Phi) is 6.73. The standard InChI is InChI=1S/C13H29N3O2S/c1-5-14-9-6-10-15(4)19(17,18)16(12(2)3)11-13-7-8-13/h12-14H,5-11H2,1-4H3. The third kappa shape index (κ3) is 5.38. The van der Waals surface area contributed by atoms with Crippen molar-refractivity contribution in [2.75, 3.05) is 33.2 Å². The lowest BCUT2D eigenvalue weighted by atomic mass is 10.3. The van der Waals surface area contributed by atoms with Gasteiger partial charge in [0.15, 0.2) is 0 Å². The van der Waals surface area contributed by atoms with Gasteiger partial charge in [-0.2, -0.15) is 17.0 Å². The summed E-state index contributed by atoms with van der Waals surface area (Å²) >= 11 is 0. The van der Waals surface area contributed by atoms with E-state index in [0.717, 1.165) is 19.5 Å². The molecule has 0 bridgehead atoms. The van der Waals surface area contributed by atoms with Crippen LogP contribution in [0.4, 0.5) is 0 Å². The molecule has 1 rings (SSSR count). The highest BCUT2D eigenvalue weighted by Gasteiger charge is 2.34. The fourth-order valence-corrected chi connectivity index (χ4v) is 3.67. The monoisotopic (exact) mass is 291 g/mol. The molecule has 1 fully saturated rings. The van der Waals surface area contributed by atoms with E-state index in [2.05, 4.69) is 12.2 Å². The third-order valence-corrected chi connectivity index (χ3v) is 5.61. The smallest absolute Gasteiger partial charge is 0.281 e. The number of nitrogens with one attached hydrogen (secondary N) is 1. The molecular formula is C13H29N3O2S. The van der Waals surface area contributed by atoms with Crippen LogP contribution in [-0.2, 0) is 10.2 Å². The summed E-state index contributed by atoms with van der Waals surface area (Å²) < 4.78 is 28.2. The normalized spacial score (nSPS) is 16.8. The third-order valence-electron chi connectivity index (χ3n) is 3.48. The maximum absolute atomic E-state index is 12.5. The summed E-state index contributed by atoms with van der Waals surface area (Å²) in [6.07, 6.45) is 3.19. The van der Waals surface area contributed by atoms with Crippen molar-refractivity contribution in [3.63, 3.8) is 0 Å². The minimum atomic E-state index is -3.30. The second-order valence-corrected chi connectivity index (χ2v) is 7.63. The van der Waals surface area contributed by atoms with Gasteiger partial charge < -0.3 is 5.32 Å². The van der Waals surface area contributed by atoms with E-state index < -0.39 is 10.2 Å². The van der Waals surface area contributed by atoms with Crippen LogP contribution >= 0.6 is 0 Å². The first-order valence-corrected chi connectivity index (χ1v) is 8.73. The fourth-order valence-electron chi connectivity index (χ4n) is 2.02. The Morgan fingerprint density at radius 3 is 2.42 bits per heavy atom. The molecule has 0 radical (unpaired) electrons. The topological polar surface area (TPSA) is 52.7 Å². The Bertz CT molecular complexity index is 353. The molecule has 6 heteroatoms. The summed E-state index contributed by atoms with van der Waals surface area (Å²) in [6, 6.07) is 0.0295. The van der Waals surface area contributed by atoms with Crippen molar-refractivity contribution in [3.05, 3.63) is 0 Å². The molecule has 0 atom stereocenters. The van der Waals surface area contributed by atoms with E-state index in [1.54, 1.807) is 11.4 Å². The van der Waals surface area contributed by atoms with Crippen LogP contribution in [-0.4, -0.2) is 56.3 Å². The first-order chi connectivity index (χ1) is 8.89. The fraction of sp³-hybridized carbons (Fsp3) is 1.00. The quantitative estimate of drug-likeness (QED) is 0.617. The van der Waals surface area contributed by atoms with Crippen molar-refractivity contribution < 1.29 is 8.42 Å². The minimum Gasteiger partial charge on any atom is -0.317 e. The number of rotatable bonds is 10. The van der Waals surface area contributed by atoms with Gasteiger partial charge in [0, 0.05) is 26.2 Å². The van der Waals surface area contributed by atoms with Crippen molar-refractivity contribution in [1.29, 1.82) is 0 Å². The van der Waals surface area contributed by atoms with E-state index in [9.17, 15) is 8.42 Å². The molecule has 1 aliphatic carbocycles. The Balaban J connectivity index is 2.53. The van der Waals surface area contributed by atoms with Crippen molar-refractivity contribution in [2.45, 2.75) is 46.1 Å². The molecule has 0 aliphatic heterocycles. The average Bonchev–Trinajstić information content (AvgIpc) is 3.14. The van der Waals surface area contributed by atoms with Crippen LogP contribution in [0.5, 0.6) is 0 Å². The van der Waals surface area contributed by atoms with Gasteiger partial charge in [0.05, 0.1) is 0 Å². The summed E-state index contributed by atoms with van der Waals surface area (Å²) in [5.41, 5.74) is 0. The minimum absolute atomic E-state index is 0.0295. The SMILES string of the molecule is CCNCCCN(C)S(=O)(=O)N(CC1CC1)C(C)C.